The fraction of sp³-hybridized carbons (Fsp3) is 0.381. The van der Waals surface area contributed by atoms with Crippen LogP contribution in [0.25, 0.3) is 0 Å². The smallest absolute Gasteiger partial charge is 0.414 e. The number of carbonyl (C=O) groups is 3. The van der Waals surface area contributed by atoms with Crippen LogP contribution in [0.3, 0.4) is 0 Å². The highest BCUT2D eigenvalue weighted by molar-refractivity contribution is 5.96. The summed E-state index contributed by atoms with van der Waals surface area (Å²) in [4.78, 5) is 38.7. The third kappa shape index (κ3) is 4.30. The van der Waals surface area contributed by atoms with Gasteiger partial charge in [0.05, 0.1) is 19.7 Å². The average molecular weight is 413 g/mol. The van der Waals surface area contributed by atoms with Gasteiger partial charge in [-0.25, -0.2) is 4.79 Å². The van der Waals surface area contributed by atoms with Crippen LogP contribution in [0.15, 0.2) is 47.9 Å². The normalized spacial score (nSPS) is 23.6. The Morgan fingerprint density at radius 1 is 1.10 bits per heavy atom. The maximum absolute atomic E-state index is 12.3. The Morgan fingerprint density at radius 2 is 1.83 bits per heavy atom. The van der Waals surface area contributed by atoms with Crippen LogP contribution < -0.4 is 15.1 Å². The van der Waals surface area contributed by atoms with E-state index < -0.39 is 6.09 Å². The van der Waals surface area contributed by atoms with Crippen molar-refractivity contribution in [2.45, 2.75) is 18.9 Å². The summed E-state index contributed by atoms with van der Waals surface area (Å²) in [5, 5.41) is 12.6. The predicted octanol–water partition coefficient (Wildman–Crippen LogP) is 1.65. The molecule has 4 rings (SSSR count). The number of carbonyl (C=O) groups excluding carboxylic acids is 3. The molecule has 0 saturated carbocycles. The van der Waals surface area contributed by atoms with Crippen LogP contribution in [0.1, 0.15) is 12.8 Å². The molecule has 2 N–H and O–H groups in total. The van der Waals surface area contributed by atoms with E-state index in [9.17, 15) is 19.5 Å². The van der Waals surface area contributed by atoms with Gasteiger partial charge >= 0.3 is 6.09 Å². The highest BCUT2D eigenvalue weighted by atomic mass is 16.6. The Morgan fingerprint density at radius 3 is 2.53 bits per heavy atom. The molecule has 0 aromatic heterocycles. The second-order valence-electron chi connectivity index (χ2n) is 7.31. The number of hydrogen-bond donors (Lipinski definition) is 2. The van der Waals surface area contributed by atoms with Gasteiger partial charge in [-0.3, -0.25) is 14.5 Å². The number of nitrogens with one attached hydrogen (secondary N) is 1. The second-order valence-corrected chi connectivity index (χ2v) is 7.31. The standard InChI is InChI=1S/C21H23N3O6/c25-18-6-1-14(9-19(18)26)10-22-11-17-12-24(21(28)30-17)16-4-2-15(3-5-16)23-7-8-29-13-20(23)27/h2-5,9-10,17,22,26H,1,6-8,11-13H2/b14-10-. The number of hydrogen-bond acceptors (Lipinski definition) is 7. The molecule has 0 bridgehead atoms. The number of ether oxygens (including phenoxy) is 2. The molecule has 0 spiro atoms. The number of Topliss-reactive ketones (excluding diaryl/α,β-unsaturated/α-hetero) is 1. The molecular weight excluding hydrogens is 390 g/mol. The maximum Gasteiger partial charge on any atom is 0.414 e. The number of rotatable bonds is 5. The zero-order valence-corrected chi connectivity index (χ0v) is 16.4. The lowest BCUT2D eigenvalue weighted by Gasteiger charge is -2.27. The SMILES string of the molecule is O=C1CC/C(=C/NCC2CN(c3ccc(N4CCOCC4=O)cc3)C(=O)O2)C=C1O. The molecule has 2 heterocycles. The van der Waals surface area contributed by atoms with E-state index in [1.54, 1.807) is 28.1 Å². The van der Waals surface area contributed by atoms with Crippen LogP contribution in [0.2, 0.25) is 0 Å². The van der Waals surface area contributed by atoms with E-state index >= 15 is 0 Å². The van der Waals surface area contributed by atoms with Crippen LogP contribution in [0.4, 0.5) is 16.2 Å². The predicted molar refractivity (Wildman–Crippen MR) is 108 cm³/mol. The first-order chi connectivity index (χ1) is 14.5. The Kier molecular flexibility index (Phi) is 5.71. The largest absolute Gasteiger partial charge is 0.504 e. The Labute approximate surface area is 173 Å². The van der Waals surface area contributed by atoms with E-state index in [1.165, 1.54) is 6.08 Å². The van der Waals surface area contributed by atoms with Crippen molar-refractivity contribution in [2.75, 3.05) is 42.6 Å². The molecule has 2 fully saturated rings. The fourth-order valence-corrected chi connectivity index (χ4v) is 3.59. The van der Waals surface area contributed by atoms with Crippen LogP contribution in [0, 0.1) is 0 Å². The highest BCUT2D eigenvalue weighted by Crippen LogP contribution is 2.25. The number of morpholine rings is 1. The van der Waals surface area contributed by atoms with Crippen molar-refractivity contribution in [1.29, 1.82) is 0 Å². The van der Waals surface area contributed by atoms with Crippen molar-refractivity contribution < 1.29 is 29.0 Å². The van der Waals surface area contributed by atoms with Gasteiger partial charge in [0, 0.05) is 24.3 Å². The molecule has 2 amide bonds. The minimum Gasteiger partial charge on any atom is -0.504 e. The number of aliphatic hydroxyl groups is 1. The molecule has 1 aliphatic carbocycles. The Hall–Kier alpha value is -3.33. The number of benzene rings is 1. The molecule has 1 aromatic carbocycles. The van der Waals surface area contributed by atoms with Crippen molar-refractivity contribution in [3.63, 3.8) is 0 Å². The van der Waals surface area contributed by atoms with Crippen LogP contribution in [-0.4, -0.2) is 61.8 Å². The molecule has 158 valence electrons. The summed E-state index contributed by atoms with van der Waals surface area (Å²) in [6.45, 7) is 1.90. The lowest BCUT2D eigenvalue weighted by atomic mass is 10.0. The number of nitrogens with zero attached hydrogens (tertiary/aromatic N) is 2. The number of allylic oxidation sites excluding steroid dienone is 3. The Bertz CT molecular complexity index is 908. The summed E-state index contributed by atoms with van der Waals surface area (Å²) in [5.41, 5.74) is 2.29. The first-order valence-electron chi connectivity index (χ1n) is 9.84. The van der Waals surface area contributed by atoms with E-state index in [-0.39, 0.29) is 36.6 Å². The van der Waals surface area contributed by atoms with Gasteiger partial charge in [0.15, 0.2) is 11.5 Å². The van der Waals surface area contributed by atoms with E-state index in [4.69, 9.17) is 9.47 Å². The zero-order valence-electron chi connectivity index (χ0n) is 16.4. The van der Waals surface area contributed by atoms with Gasteiger partial charge < -0.3 is 24.8 Å². The van der Waals surface area contributed by atoms with Gasteiger partial charge in [-0.1, -0.05) is 0 Å². The summed E-state index contributed by atoms with van der Waals surface area (Å²) >= 11 is 0. The topological polar surface area (TPSA) is 108 Å². The molecule has 2 saturated heterocycles. The number of anilines is 2. The van der Waals surface area contributed by atoms with Gasteiger partial charge in [-0.15, -0.1) is 0 Å². The summed E-state index contributed by atoms with van der Waals surface area (Å²) in [5.74, 6) is -0.563. The summed E-state index contributed by atoms with van der Waals surface area (Å²) in [6, 6.07) is 7.21. The molecule has 30 heavy (non-hydrogen) atoms. The molecule has 1 aromatic rings. The highest BCUT2D eigenvalue weighted by Gasteiger charge is 2.32. The van der Waals surface area contributed by atoms with Gasteiger partial charge in [-0.05, 0) is 48.5 Å². The molecule has 2 aliphatic heterocycles. The minimum atomic E-state index is -0.426. The third-order valence-electron chi connectivity index (χ3n) is 5.21. The Balaban J connectivity index is 1.33. The van der Waals surface area contributed by atoms with Crippen molar-refractivity contribution in [3.8, 4) is 0 Å². The third-order valence-corrected chi connectivity index (χ3v) is 5.21. The van der Waals surface area contributed by atoms with Gasteiger partial charge in [0.25, 0.3) is 5.91 Å². The first-order valence-corrected chi connectivity index (χ1v) is 9.84. The summed E-state index contributed by atoms with van der Waals surface area (Å²) in [7, 11) is 0. The van der Waals surface area contributed by atoms with Crippen molar-refractivity contribution in [1.82, 2.24) is 5.32 Å². The number of aliphatic hydroxyl groups excluding tert-OH is 1. The van der Waals surface area contributed by atoms with Gasteiger partial charge in [0.1, 0.15) is 12.7 Å². The summed E-state index contributed by atoms with van der Waals surface area (Å²) in [6.07, 6.45) is 3.27. The molecule has 1 atom stereocenters. The number of amides is 2. The van der Waals surface area contributed by atoms with Crippen LogP contribution >= 0.6 is 0 Å². The lowest BCUT2D eigenvalue weighted by Crippen LogP contribution is -2.41. The number of ketones is 1. The van der Waals surface area contributed by atoms with Crippen LogP contribution in [-0.2, 0) is 19.1 Å². The van der Waals surface area contributed by atoms with Gasteiger partial charge in [0.2, 0.25) is 0 Å². The molecule has 9 heteroatoms. The monoisotopic (exact) mass is 413 g/mol. The minimum absolute atomic E-state index is 0.0801. The van der Waals surface area contributed by atoms with E-state index in [0.29, 0.717) is 38.3 Å². The average Bonchev–Trinajstić information content (AvgIpc) is 3.11. The number of cyclic esters (lactones) is 1. The van der Waals surface area contributed by atoms with Crippen LogP contribution in [0.5, 0.6) is 0 Å². The quantitative estimate of drug-likeness (QED) is 0.756. The summed E-state index contributed by atoms with van der Waals surface area (Å²) < 4.78 is 10.6. The molecule has 3 aliphatic rings. The molecule has 1 unspecified atom stereocenters. The van der Waals surface area contributed by atoms with Gasteiger partial charge in [-0.2, -0.15) is 0 Å². The van der Waals surface area contributed by atoms with Crippen molar-refractivity contribution in [2.24, 2.45) is 0 Å². The fourth-order valence-electron chi connectivity index (χ4n) is 3.59. The lowest BCUT2D eigenvalue weighted by molar-refractivity contribution is -0.125. The second kappa shape index (κ2) is 8.58. The van der Waals surface area contributed by atoms with E-state index in [1.807, 2.05) is 12.1 Å². The molecule has 9 nitrogen and oxygen atoms in total. The van der Waals surface area contributed by atoms with E-state index in [2.05, 4.69) is 5.32 Å². The maximum atomic E-state index is 12.3. The van der Waals surface area contributed by atoms with Crippen molar-refractivity contribution >= 4 is 29.2 Å². The molecular formula is C21H23N3O6. The van der Waals surface area contributed by atoms with Crippen molar-refractivity contribution in [3.05, 3.63) is 47.9 Å². The zero-order chi connectivity index (χ0) is 21.1. The molecule has 0 radical (unpaired) electrons. The van der Waals surface area contributed by atoms with E-state index in [0.717, 1.165) is 11.3 Å². The first kappa shape index (κ1) is 20.0.